The van der Waals surface area contributed by atoms with E-state index in [4.69, 9.17) is 14.6 Å². The fraction of sp³-hybridized carbons (Fsp3) is 0.400. The number of ether oxygens (including phenoxy) is 2. The molecular weight excluding hydrogens is 418 g/mol. The molecule has 1 aromatic heterocycles. The van der Waals surface area contributed by atoms with Gasteiger partial charge in [-0.15, -0.1) is 0 Å². The van der Waals surface area contributed by atoms with Crippen molar-refractivity contribution < 1.29 is 9.47 Å². The molecule has 0 radical (unpaired) electrons. The standard InChI is InChI=1S/C25H31N5O3/c1-28-15-17-29(18-16-28)13-4-14-30-25(31)26-23(19-5-9-21(32-2)10-6-19)24(27-30)20-7-11-22(33-3)12-8-20/h5-12H,4,13-18H2,1-3H3. The van der Waals surface area contributed by atoms with Gasteiger partial charge in [0.15, 0.2) is 0 Å². The molecule has 0 saturated carbocycles. The zero-order valence-electron chi connectivity index (χ0n) is 19.5. The molecule has 1 aliphatic rings. The predicted octanol–water partition coefficient (Wildman–Crippen LogP) is 2.63. The molecule has 0 atom stereocenters. The second-order valence-electron chi connectivity index (χ2n) is 8.27. The molecule has 0 bridgehead atoms. The number of rotatable bonds is 8. The monoisotopic (exact) mass is 449 g/mol. The lowest BCUT2D eigenvalue weighted by molar-refractivity contribution is 0.150. The van der Waals surface area contributed by atoms with E-state index in [2.05, 4.69) is 21.8 Å². The van der Waals surface area contributed by atoms with Gasteiger partial charge < -0.3 is 19.3 Å². The normalized spacial score (nSPS) is 14.9. The van der Waals surface area contributed by atoms with Crippen molar-refractivity contribution in [1.82, 2.24) is 24.6 Å². The van der Waals surface area contributed by atoms with E-state index in [0.717, 1.165) is 61.8 Å². The maximum Gasteiger partial charge on any atom is 0.364 e. The van der Waals surface area contributed by atoms with Crippen LogP contribution < -0.4 is 15.2 Å². The molecule has 1 fully saturated rings. The lowest BCUT2D eigenvalue weighted by Crippen LogP contribution is -2.45. The van der Waals surface area contributed by atoms with Crippen molar-refractivity contribution in [2.24, 2.45) is 0 Å². The van der Waals surface area contributed by atoms with Crippen LogP contribution >= 0.6 is 0 Å². The number of aryl methyl sites for hydroxylation is 1. The van der Waals surface area contributed by atoms with Crippen LogP contribution in [0.25, 0.3) is 22.5 Å². The molecule has 1 saturated heterocycles. The molecule has 0 amide bonds. The van der Waals surface area contributed by atoms with E-state index in [-0.39, 0.29) is 5.69 Å². The maximum atomic E-state index is 12.9. The number of hydrogen-bond donors (Lipinski definition) is 0. The molecule has 2 heterocycles. The fourth-order valence-corrected chi connectivity index (χ4v) is 3.97. The highest BCUT2D eigenvalue weighted by Gasteiger charge is 2.17. The number of nitrogens with zero attached hydrogens (tertiary/aromatic N) is 5. The van der Waals surface area contributed by atoms with E-state index in [1.165, 1.54) is 4.68 Å². The third kappa shape index (κ3) is 5.58. The lowest BCUT2D eigenvalue weighted by atomic mass is 10.0. The summed E-state index contributed by atoms with van der Waals surface area (Å²) in [5.74, 6) is 1.51. The molecule has 0 unspecified atom stereocenters. The van der Waals surface area contributed by atoms with Gasteiger partial charge in [-0.3, -0.25) is 0 Å². The molecule has 3 aromatic rings. The Morgan fingerprint density at radius 3 is 1.88 bits per heavy atom. The topological polar surface area (TPSA) is 72.7 Å². The Kier molecular flexibility index (Phi) is 7.36. The Labute approximate surface area is 194 Å². The summed E-state index contributed by atoms with van der Waals surface area (Å²) < 4.78 is 12.0. The quantitative estimate of drug-likeness (QED) is 0.523. The number of methoxy groups -OCH3 is 2. The first-order valence-corrected chi connectivity index (χ1v) is 11.3. The summed E-state index contributed by atoms with van der Waals surface area (Å²) in [5, 5.41) is 4.75. The van der Waals surface area contributed by atoms with Gasteiger partial charge in [0.1, 0.15) is 22.9 Å². The summed E-state index contributed by atoms with van der Waals surface area (Å²) in [5.41, 5.74) is 2.58. The van der Waals surface area contributed by atoms with Crippen molar-refractivity contribution in [3.05, 3.63) is 59.0 Å². The van der Waals surface area contributed by atoms with Gasteiger partial charge in [-0.2, -0.15) is 10.1 Å². The Morgan fingerprint density at radius 1 is 0.788 bits per heavy atom. The van der Waals surface area contributed by atoms with Crippen LogP contribution in [0.5, 0.6) is 11.5 Å². The highest BCUT2D eigenvalue weighted by atomic mass is 16.5. The van der Waals surface area contributed by atoms with Gasteiger partial charge in [0.05, 0.1) is 14.2 Å². The number of benzene rings is 2. The molecule has 0 N–H and O–H groups in total. The summed E-state index contributed by atoms with van der Waals surface area (Å²) >= 11 is 0. The minimum Gasteiger partial charge on any atom is -0.497 e. The van der Waals surface area contributed by atoms with E-state index in [0.29, 0.717) is 17.9 Å². The smallest absolute Gasteiger partial charge is 0.364 e. The zero-order chi connectivity index (χ0) is 23.2. The third-order valence-corrected chi connectivity index (χ3v) is 6.04. The predicted molar refractivity (Wildman–Crippen MR) is 129 cm³/mol. The molecule has 0 spiro atoms. The fourth-order valence-electron chi connectivity index (χ4n) is 3.97. The van der Waals surface area contributed by atoms with Crippen LogP contribution in [-0.2, 0) is 6.54 Å². The average molecular weight is 450 g/mol. The molecule has 8 nitrogen and oxygen atoms in total. The van der Waals surface area contributed by atoms with E-state index in [1.54, 1.807) is 14.2 Å². The van der Waals surface area contributed by atoms with Crippen molar-refractivity contribution in [2.45, 2.75) is 13.0 Å². The molecule has 2 aromatic carbocycles. The summed E-state index contributed by atoms with van der Waals surface area (Å²) in [7, 11) is 5.41. The first kappa shape index (κ1) is 22.9. The Bertz CT molecular complexity index is 1100. The van der Waals surface area contributed by atoms with Crippen LogP contribution in [0.2, 0.25) is 0 Å². The Balaban J connectivity index is 1.62. The molecule has 33 heavy (non-hydrogen) atoms. The average Bonchev–Trinajstić information content (AvgIpc) is 2.86. The van der Waals surface area contributed by atoms with Crippen molar-refractivity contribution in [1.29, 1.82) is 0 Å². The Hall–Kier alpha value is -3.23. The summed E-state index contributed by atoms with van der Waals surface area (Å²) in [6.07, 6.45) is 0.849. The second-order valence-corrected chi connectivity index (χ2v) is 8.27. The van der Waals surface area contributed by atoms with Gasteiger partial charge >= 0.3 is 5.69 Å². The zero-order valence-corrected chi connectivity index (χ0v) is 19.5. The van der Waals surface area contributed by atoms with E-state index >= 15 is 0 Å². The van der Waals surface area contributed by atoms with Crippen molar-refractivity contribution in [2.75, 3.05) is 54.0 Å². The Morgan fingerprint density at radius 2 is 1.33 bits per heavy atom. The number of piperazine rings is 1. The van der Waals surface area contributed by atoms with Gasteiger partial charge in [0.2, 0.25) is 0 Å². The largest absolute Gasteiger partial charge is 0.497 e. The molecule has 1 aliphatic heterocycles. The van der Waals surface area contributed by atoms with Gasteiger partial charge in [-0.1, -0.05) is 0 Å². The third-order valence-electron chi connectivity index (χ3n) is 6.04. The van der Waals surface area contributed by atoms with Gasteiger partial charge in [0, 0.05) is 50.4 Å². The number of likely N-dealkylation sites (N-methyl/N-ethyl adjacent to an activating group) is 1. The summed E-state index contributed by atoms with van der Waals surface area (Å²) in [6, 6.07) is 15.2. The van der Waals surface area contributed by atoms with Crippen LogP contribution in [-0.4, -0.2) is 78.6 Å². The van der Waals surface area contributed by atoms with Crippen LogP contribution in [0.1, 0.15) is 6.42 Å². The van der Waals surface area contributed by atoms with E-state index < -0.39 is 0 Å². The van der Waals surface area contributed by atoms with Gasteiger partial charge in [-0.05, 0) is 62.0 Å². The maximum absolute atomic E-state index is 12.9. The molecule has 174 valence electrons. The van der Waals surface area contributed by atoms with Crippen LogP contribution in [0.4, 0.5) is 0 Å². The van der Waals surface area contributed by atoms with Gasteiger partial charge in [-0.25, -0.2) is 9.48 Å². The van der Waals surface area contributed by atoms with E-state index in [1.807, 2.05) is 48.5 Å². The molecule has 8 heteroatoms. The molecule has 4 rings (SSSR count). The minimum atomic E-state index is -0.337. The van der Waals surface area contributed by atoms with Crippen LogP contribution in [0.3, 0.4) is 0 Å². The van der Waals surface area contributed by atoms with Crippen molar-refractivity contribution in [3.63, 3.8) is 0 Å². The van der Waals surface area contributed by atoms with Gasteiger partial charge in [0.25, 0.3) is 0 Å². The second kappa shape index (κ2) is 10.6. The van der Waals surface area contributed by atoms with Crippen LogP contribution in [0.15, 0.2) is 53.3 Å². The molecular formula is C25H31N5O3. The van der Waals surface area contributed by atoms with Crippen molar-refractivity contribution in [3.8, 4) is 34.0 Å². The highest BCUT2D eigenvalue weighted by molar-refractivity contribution is 5.77. The first-order chi connectivity index (χ1) is 16.1. The molecule has 0 aliphatic carbocycles. The number of aromatic nitrogens is 3. The summed E-state index contributed by atoms with van der Waals surface area (Å²) in [6.45, 7) is 5.76. The minimum absolute atomic E-state index is 0.337. The summed E-state index contributed by atoms with van der Waals surface area (Å²) in [4.78, 5) is 22.1. The SMILES string of the molecule is COc1ccc(-c2nc(=O)n(CCCN3CCN(C)CC3)nc2-c2ccc(OC)cc2)cc1. The van der Waals surface area contributed by atoms with Crippen molar-refractivity contribution >= 4 is 0 Å². The van der Waals surface area contributed by atoms with Crippen LogP contribution in [0, 0.1) is 0 Å². The first-order valence-electron chi connectivity index (χ1n) is 11.3. The number of hydrogen-bond acceptors (Lipinski definition) is 7. The highest BCUT2D eigenvalue weighted by Crippen LogP contribution is 2.29. The van der Waals surface area contributed by atoms with E-state index in [9.17, 15) is 4.79 Å². The lowest BCUT2D eigenvalue weighted by Gasteiger charge is -2.32.